The number of phenols is 1. The summed E-state index contributed by atoms with van der Waals surface area (Å²) in [5, 5.41) is 23.2. The van der Waals surface area contributed by atoms with Crippen molar-refractivity contribution in [3.8, 4) is 5.75 Å². The molecular weight excluding hydrogens is 471 g/mol. The minimum atomic E-state index is -5.28. The Bertz CT molecular complexity index is 1300. The Morgan fingerprint density at radius 3 is 2.38 bits per heavy atom. The Kier molecular flexibility index (Phi) is 5.62. The van der Waals surface area contributed by atoms with Crippen molar-refractivity contribution in [3.63, 3.8) is 0 Å². The maximum atomic E-state index is 14.3. The SMILES string of the molecule is CC[C@@H]1C[C@](O)(C(F)(F)F)[C@@H](Nc2cc(F)c(F)c3nc(C)ncc23)c2cc(F)c(F)c(O)c21. The molecule has 0 saturated heterocycles. The van der Waals surface area contributed by atoms with Gasteiger partial charge in [-0.1, -0.05) is 6.92 Å². The van der Waals surface area contributed by atoms with E-state index in [-0.39, 0.29) is 23.2 Å². The molecule has 3 N–H and O–H groups in total. The number of halogens is 7. The van der Waals surface area contributed by atoms with Gasteiger partial charge in [-0.3, -0.25) is 0 Å². The molecule has 4 rings (SSSR count). The second kappa shape index (κ2) is 7.97. The maximum Gasteiger partial charge on any atom is 0.419 e. The summed E-state index contributed by atoms with van der Waals surface area (Å²) in [7, 11) is 0. The predicted molar refractivity (Wildman–Crippen MR) is 107 cm³/mol. The molecule has 0 amide bonds. The topological polar surface area (TPSA) is 78.3 Å². The van der Waals surface area contributed by atoms with E-state index < -0.39 is 75.9 Å². The van der Waals surface area contributed by atoms with E-state index in [2.05, 4.69) is 15.3 Å². The van der Waals surface area contributed by atoms with Crippen LogP contribution in [-0.2, 0) is 0 Å². The first-order chi connectivity index (χ1) is 15.8. The van der Waals surface area contributed by atoms with Crippen LogP contribution in [0.5, 0.6) is 5.75 Å². The number of phenolic OH excluding ortho intramolecular Hbond substituents is 1. The highest BCUT2D eigenvalue weighted by molar-refractivity contribution is 5.91. The van der Waals surface area contributed by atoms with Gasteiger partial charge in [0.15, 0.2) is 28.8 Å². The summed E-state index contributed by atoms with van der Waals surface area (Å²) in [4.78, 5) is 7.64. The number of nitrogens with zero attached hydrogens (tertiary/aromatic N) is 2. The molecule has 1 heterocycles. The fourth-order valence-electron chi connectivity index (χ4n) is 4.48. The number of aromatic nitrogens is 2. The van der Waals surface area contributed by atoms with Crippen molar-refractivity contribution in [2.45, 2.75) is 50.4 Å². The zero-order chi connectivity index (χ0) is 25.2. The molecule has 0 fully saturated rings. The highest BCUT2D eigenvalue weighted by Crippen LogP contribution is 2.55. The average Bonchev–Trinajstić information content (AvgIpc) is 2.76. The first-order valence-electron chi connectivity index (χ1n) is 10.2. The third kappa shape index (κ3) is 3.51. The minimum Gasteiger partial charge on any atom is -0.505 e. The van der Waals surface area contributed by atoms with Gasteiger partial charge in [-0.25, -0.2) is 23.1 Å². The first kappa shape index (κ1) is 24.0. The normalized spacial score (nSPS) is 22.6. The molecule has 0 spiro atoms. The molecule has 1 aliphatic carbocycles. The number of aromatic hydroxyl groups is 1. The van der Waals surface area contributed by atoms with E-state index in [9.17, 15) is 40.9 Å². The van der Waals surface area contributed by atoms with Crippen molar-refractivity contribution < 1.29 is 40.9 Å². The quantitative estimate of drug-likeness (QED) is 0.421. The number of aliphatic hydroxyl groups is 1. The van der Waals surface area contributed by atoms with Gasteiger partial charge in [0.05, 0.1) is 6.04 Å². The number of benzene rings is 2. The lowest BCUT2D eigenvalue weighted by Crippen LogP contribution is -2.55. The zero-order valence-corrected chi connectivity index (χ0v) is 17.7. The van der Waals surface area contributed by atoms with Crippen molar-refractivity contribution in [2.75, 3.05) is 5.32 Å². The van der Waals surface area contributed by atoms with E-state index in [0.717, 1.165) is 6.20 Å². The summed E-state index contributed by atoms with van der Waals surface area (Å²) < 4.78 is 99.5. The number of fused-ring (bicyclic) bond motifs is 2. The predicted octanol–water partition coefficient (Wildman–Crippen LogP) is 5.54. The number of nitrogens with one attached hydrogen (secondary N) is 1. The second-order valence-electron chi connectivity index (χ2n) is 8.23. The van der Waals surface area contributed by atoms with Gasteiger partial charge < -0.3 is 15.5 Å². The Hall–Kier alpha value is -3.15. The number of hydrogen-bond acceptors (Lipinski definition) is 5. The summed E-state index contributed by atoms with van der Waals surface area (Å²) in [6, 6.07) is -1.22. The van der Waals surface area contributed by atoms with Crippen molar-refractivity contribution >= 4 is 16.6 Å². The fraction of sp³-hybridized carbons (Fsp3) is 0.364. The van der Waals surface area contributed by atoms with Crippen molar-refractivity contribution in [3.05, 3.63) is 58.5 Å². The van der Waals surface area contributed by atoms with Gasteiger partial charge in [0.25, 0.3) is 0 Å². The number of anilines is 1. The summed E-state index contributed by atoms with van der Waals surface area (Å²) >= 11 is 0. The summed E-state index contributed by atoms with van der Waals surface area (Å²) in [6.45, 7) is 2.85. The van der Waals surface area contributed by atoms with Crippen molar-refractivity contribution in [2.24, 2.45) is 0 Å². The molecule has 5 nitrogen and oxygen atoms in total. The molecular formula is C22H18F7N3O2. The van der Waals surface area contributed by atoms with Crippen LogP contribution in [0.15, 0.2) is 18.3 Å². The van der Waals surface area contributed by atoms with Crippen LogP contribution in [0.1, 0.15) is 48.7 Å². The highest BCUT2D eigenvalue weighted by Gasteiger charge is 2.62. The summed E-state index contributed by atoms with van der Waals surface area (Å²) in [5.41, 5.74) is -5.37. The van der Waals surface area contributed by atoms with Gasteiger partial charge in [-0.2, -0.15) is 17.6 Å². The number of hydrogen-bond donors (Lipinski definition) is 3. The Balaban J connectivity index is 2.00. The largest absolute Gasteiger partial charge is 0.505 e. The smallest absolute Gasteiger partial charge is 0.419 e. The van der Waals surface area contributed by atoms with Crippen LogP contribution >= 0.6 is 0 Å². The molecule has 182 valence electrons. The molecule has 1 aliphatic rings. The first-order valence-corrected chi connectivity index (χ1v) is 10.2. The van der Waals surface area contributed by atoms with Gasteiger partial charge in [-0.15, -0.1) is 0 Å². The molecule has 3 aromatic rings. The maximum absolute atomic E-state index is 14.3. The highest BCUT2D eigenvalue weighted by atomic mass is 19.4. The third-order valence-electron chi connectivity index (χ3n) is 6.19. The van der Waals surface area contributed by atoms with E-state index >= 15 is 0 Å². The molecule has 0 aliphatic heterocycles. The monoisotopic (exact) mass is 489 g/mol. The van der Waals surface area contributed by atoms with Crippen LogP contribution in [0.2, 0.25) is 0 Å². The number of aryl methyl sites for hydroxylation is 1. The van der Waals surface area contributed by atoms with Crippen LogP contribution in [0, 0.1) is 30.2 Å². The van der Waals surface area contributed by atoms with Gasteiger partial charge in [0.2, 0.25) is 5.82 Å². The van der Waals surface area contributed by atoms with Gasteiger partial charge in [0.1, 0.15) is 11.3 Å². The van der Waals surface area contributed by atoms with Crippen molar-refractivity contribution in [1.29, 1.82) is 0 Å². The Morgan fingerprint density at radius 2 is 1.76 bits per heavy atom. The van der Waals surface area contributed by atoms with Gasteiger partial charge >= 0.3 is 6.18 Å². The molecule has 0 saturated carbocycles. The molecule has 34 heavy (non-hydrogen) atoms. The van der Waals surface area contributed by atoms with E-state index in [1.165, 1.54) is 13.8 Å². The third-order valence-corrected chi connectivity index (χ3v) is 6.19. The Morgan fingerprint density at radius 1 is 1.12 bits per heavy atom. The van der Waals surface area contributed by atoms with Crippen LogP contribution < -0.4 is 5.32 Å². The molecule has 12 heteroatoms. The minimum absolute atomic E-state index is 0.0437. The van der Waals surface area contributed by atoms with Gasteiger partial charge in [-0.05, 0) is 37.3 Å². The fourth-order valence-corrected chi connectivity index (χ4v) is 4.48. The lowest BCUT2D eigenvalue weighted by molar-refractivity contribution is -0.273. The van der Waals surface area contributed by atoms with Crippen LogP contribution in [0.25, 0.3) is 10.9 Å². The lowest BCUT2D eigenvalue weighted by atomic mass is 9.69. The standard InChI is InChI=1S/C22H18F7N3O2/c1-3-9-6-21(34,22(27,28)29)20(10-4-12(23)17(26)19(33)15(9)10)32-14-5-13(24)16(25)18-11(14)7-30-8(2)31-18/h4-5,7,9,20,32-34H,3,6H2,1-2H3/t9-,20+,21-/m1/s1. The van der Waals surface area contributed by atoms with Crippen LogP contribution in [0.3, 0.4) is 0 Å². The molecule has 1 aromatic heterocycles. The van der Waals surface area contributed by atoms with Gasteiger partial charge in [0, 0.05) is 28.9 Å². The Labute approximate surface area is 188 Å². The number of alkyl halides is 3. The molecule has 0 radical (unpaired) electrons. The molecule has 3 atom stereocenters. The summed E-state index contributed by atoms with van der Waals surface area (Å²) in [5.74, 6) is -8.38. The van der Waals surface area contributed by atoms with E-state index in [1.54, 1.807) is 0 Å². The van der Waals surface area contributed by atoms with Crippen molar-refractivity contribution in [1.82, 2.24) is 9.97 Å². The number of rotatable bonds is 3. The van der Waals surface area contributed by atoms with Crippen LogP contribution in [0.4, 0.5) is 36.4 Å². The zero-order valence-electron chi connectivity index (χ0n) is 17.7. The van der Waals surface area contributed by atoms with E-state index in [1.807, 2.05) is 0 Å². The molecule has 0 unspecified atom stereocenters. The summed E-state index contributed by atoms with van der Waals surface area (Å²) in [6.07, 6.45) is -5.28. The second-order valence-corrected chi connectivity index (χ2v) is 8.23. The molecule has 2 aromatic carbocycles. The molecule has 0 bridgehead atoms. The van der Waals surface area contributed by atoms with E-state index in [0.29, 0.717) is 12.1 Å². The van der Waals surface area contributed by atoms with Crippen LogP contribution in [-0.4, -0.2) is 32.0 Å². The lowest BCUT2D eigenvalue weighted by Gasteiger charge is -2.45. The average molecular weight is 489 g/mol. The van der Waals surface area contributed by atoms with E-state index in [4.69, 9.17) is 0 Å².